The number of rotatable bonds is 11. The minimum Gasteiger partial charge on any atom is -0.490 e. The first kappa shape index (κ1) is 23.5. The summed E-state index contributed by atoms with van der Waals surface area (Å²) < 4.78 is 6.90. The van der Waals surface area contributed by atoms with Crippen molar-refractivity contribution in [1.29, 1.82) is 0 Å². The molecule has 2 fully saturated rings. The van der Waals surface area contributed by atoms with Gasteiger partial charge in [0.25, 0.3) is 0 Å². The molecule has 2 aliphatic heterocycles. The summed E-state index contributed by atoms with van der Waals surface area (Å²) in [5.41, 5.74) is 3.49. The lowest BCUT2D eigenvalue weighted by molar-refractivity contribution is 0.143. The second-order valence-electron chi connectivity index (χ2n) is 8.75. The van der Waals surface area contributed by atoms with Crippen molar-refractivity contribution in [3.05, 3.63) is 75.2 Å². The van der Waals surface area contributed by atoms with E-state index in [2.05, 4.69) is 68.4 Å². The van der Waals surface area contributed by atoms with Crippen LogP contribution in [0.15, 0.2) is 53.5 Å². The van der Waals surface area contributed by atoms with Crippen molar-refractivity contribution < 1.29 is 4.74 Å². The number of hydrogen-bond acceptors (Lipinski definition) is 4. The van der Waals surface area contributed by atoms with Crippen LogP contribution in [-0.2, 0) is 6.54 Å². The maximum absolute atomic E-state index is 6.08. The van der Waals surface area contributed by atoms with Crippen LogP contribution in [0.4, 0.5) is 0 Å². The van der Waals surface area contributed by atoms with E-state index in [0.717, 1.165) is 84.0 Å². The Morgan fingerprint density at radius 1 is 1.03 bits per heavy atom. The van der Waals surface area contributed by atoms with E-state index in [4.69, 9.17) is 16.3 Å². The Kier molecular flexibility index (Phi) is 8.44. The zero-order chi connectivity index (χ0) is 22.3. The molecule has 170 valence electrons. The molecule has 2 N–H and O–H groups in total. The SMILES string of the molecule is C=CCOc1cc(/C=C/c2ccc(Cl)cc2Br)cc(CN(CC2CNC2)CC2CNC2)c1. The van der Waals surface area contributed by atoms with Crippen LogP contribution in [0.5, 0.6) is 5.75 Å². The zero-order valence-corrected chi connectivity index (χ0v) is 20.7. The van der Waals surface area contributed by atoms with E-state index in [0.29, 0.717) is 6.61 Å². The number of hydrogen-bond donors (Lipinski definition) is 2. The monoisotopic (exact) mass is 515 g/mol. The average molecular weight is 517 g/mol. The van der Waals surface area contributed by atoms with Gasteiger partial charge in [-0.2, -0.15) is 0 Å². The highest BCUT2D eigenvalue weighted by Gasteiger charge is 2.25. The van der Waals surface area contributed by atoms with Crippen molar-refractivity contribution >= 4 is 39.7 Å². The molecule has 2 heterocycles. The Balaban J connectivity index is 1.53. The molecule has 2 aromatic rings. The van der Waals surface area contributed by atoms with Gasteiger partial charge in [-0.25, -0.2) is 0 Å². The van der Waals surface area contributed by atoms with Crippen molar-refractivity contribution in [3.63, 3.8) is 0 Å². The highest BCUT2D eigenvalue weighted by molar-refractivity contribution is 9.10. The first-order chi connectivity index (χ1) is 15.6. The minimum absolute atomic E-state index is 0.501. The third kappa shape index (κ3) is 6.69. The smallest absolute Gasteiger partial charge is 0.120 e. The lowest BCUT2D eigenvalue weighted by Gasteiger charge is -2.37. The fourth-order valence-electron chi connectivity index (χ4n) is 4.08. The van der Waals surface area contributed by atoms with Gasteiger partial charge in [0.1, 0.15) is 12.4 Å². The highest BCUT2D eigenvalue weighted by atomic mass is 79.9. The topological polar surface area (TPSA) is 36.5 Å². The molecule has 32 heavy (non-hydrogen) atoms. The summed E-state index contributed by atoms with van der Waals surface area (Å²) in [5, 5.41) is 7.53. The van der Waals surface area contributed by atoms with Crippen molar-refractivity contribution in [3.8, 4) is 5.75 Å². The van der Waals surface area contributed by atoms with Gasteiger partial charge in [-0.1, -0.05) is 64.5 Å². The lowest BCUT2D eigenvalue weighted by Crippen LogP contribution is -2.52. The molecule has 4 rings (SSSR count). The minimum atomic E-state index is 0.501. The van der Waals surface area contributed by atoms with Gasteiger partial charge in [-0.15, -0.1) is 0 Å². The first-order valence-corrected chi connectivity index (χ1v) is 12.4. The van der Waals surface area contributed by atoms with Gasteiger partial charge in [0.05, 0.1) is 0 Å². The largest absolute Gasteiger partial charge is 0.490 e. The molecule has 2 aromatic carbocycles. The van der Waals surface area contributed by atoms with Crippen LogP contribution in [0.2, 0.25) is 5.02 Å². The number of ether oxygens (including phenoxy) is 1. The summed E-state index contributed by atoms with van der Waals surface area (Å²) >= 11 is 9.68. The predicted octanol–water partition coefficient (Wildman–Crippen LogP) is 5.08. The summed E-state index contributed by atoms with van der Waals surface area (Å²) in [5.74, 6) is 2.39. The molecular weight excluding hydrogens is 486 g/mol. The van der Waals surface area contributed by atoms with E-state index in [-0.39, 0.29) is 0 Å². The van der Waals surface area contributed by atoms with Crippen molar-refractivity contribution in [1.82, 2.24) is 15.5 Å². The Hall–Kier alpha value is -1.63. The Bertz CT molecular complexity index is 940. The predicted molar refractivity (Wildman–Crippen MR) is 138 cm³/mol. The van der Waals surface area contributed by atoms with Crippen LogP contribution < -0.4 is 15.4 Å². The average Bonchev–Trinajstić information content (AvgIpc) is 2.70. The second-order valence-corrected chi connectivity index (χ2v) is 10.0. The quantitative estimate of drug-likeness (QED) is 0.323. The van der Waals surface area contributed by atoms with Crippen LogP contribution in [-0.4, -0.2) is 50.8 Å². The summed E-state index contributed by atoms with van der Waals surface area (Å²) in [6, 6.07) is 12.4. The zero-order valence-electron chi connectivity index (χ0n) is 18.3. The van der Waals surface area contributed by atoms with Gasteiger partial charge >= 0.3 is 0 Å². The van der Waals surface area contributed by atoms with E-state index in [1.54, 1.807) is 6.08 Å². The van der Waals surface area contributed by atoms with Gasteiger partial charge < -0.3 is 15.4 Å². The molecule has 2 saturated heterocycles. The molecule has 0 aromatic heterocycles. The summed E-state index contributed by atoms with van der Waals surface area (Å²) in [7, 11) is 0. The number of nitrogens with zero attached hydrogens (tertiary/aromatic N) is 1. The van der Waals surface area contributed by atoms with Crippen molar-refractivity contribution in [2.45, 2.75) is 6.54 Å². The fraction of sp³-hybridized carbons (Fsp3) is 0.385. The number of benzene rings is 2. The van der Waals surface area contributed by atoms with E-state index in [9.17, 15) is 0 Å². The van der Waals surface area contributed by atoms with E-state index in [1.165, 1.54) is 5.56 Å². The molecule has 0 amide bonds. The fourth-order valence-corrected chi connectivity index (χ4v) is 4.90. The molecule has 0 spiro atoms. The Labute approximate surface area is 204 Å². The molecule has 0 aliphatic carbocycles. The van der Waals surface area contributed by atoms with E-state index < -0.39 is 0 Å². The summed E-state index contributed by atoms with van der Waals surface area (Å²) in [6.45, 7) is 12.0. The summed E-state index contributed by atoms with van der Waals surface area (Å²) in [4.78, 5) is 2.62. The van der Waals surface area contributed by atoms with Crippen molar-refractivity contribution in [2.24, 2.45) is 11.8 Å². The maximum atomic E-state index is 6.08. The molecule has 0 saturated carbocycles. The molecular formula is C26H31BrClN3O. The van der Waals surface area contributed by atoms with Crippen LogP contribution >= 0.6 is 27.5 Å². The van der Waals surface area contributed by atoms with Gasteiger partial charge in [-0.3, -0.25) is 4.90 Å². The van der Waals surface area contributed by atoms with Gasteiger partial charge in [0.2, 0.25) is 0 Å². The third-order valence-corrected chi connectivity index (χ3v) is 6.87. The van der Waals surface area contributed by atoms with Gasteiger partial charge in [-0.05, 0) is 52.8 Å². The van der Waals surface area contributed by atoms with Crippen LogP contribution in [0.1, 0.15) is 16.7 Å². The first-order valence-electron chi connectivity index (χ1n) is 11.2. The van der Waals surface area contributed by atoms with E-state index in [1.807, 2.05) is 18.2 Å². The summed E-state index contributed by atoms with van der Waals surface area (Å²) in [6.07, 6.45) is 6.02. The maximum Gasteiger partial charge on any atom is 0.120 e. The van der Waals surface area contributed by atoms with E-state index >= 15 is 0 Å². The number of nitrogens with one attached hydrogen (secondary N) is 2. The molecule has 0 atom stereocenters. The molecule has 0 unspecified atom stereocenters. The van der Waals surface area contributed by atoms with Crippen LogP contribution in [0, 0.1) is 11.8 Å². The second kappa shape index (κ2) is 11.5. The number of halogens is 2. The molecule has 0 bridgehead atoms. The lowest BCUT2D eigenvalue weighted by atomic mass is 9.98. The Morgan fingerprint density at radius 3 is 2.34 bits per heavy atom. The standard InChI is InChI=1S/C26H31BrClN3O/c1-2-7-32-25-9-19(3-4-23-5-6-24(28)11-26(23)27)8-20(10-25)16-31(17-21-12-29-13-21)18-22-14-30-15-22/h2-6,8-11,21-22,29-30H,1,7,12-18H2/b4-3+. The van der Waals surface area contributed by atoms with Crippen LogP contribution in [0.3, 0.4) is 0 Å². The molecule has 2 aliphatic rings. The Morgan fingerprint density at radius 2 is 1.75 bits per heavy atom. The highest BCUT2D eigenvalue weighted by Crippen LogP contribution is 2.26. The van der Waals surface area contributed by atoms with Gasteiger partial charge in [0, 0.05) is 55.3 Å². The molecule has 4 nitrogen and oxygen atoms in total. The molecule has 0 radical (unpaired) electrons. The van der Waals surface area contributed by atoms with Crippen molar-refractivity contribution in [2.75, 3.05) is 45.9 Å². The van der Waals surface area contributed by atoms with Gasteiger partial charge in [0.15, 0.2) is 0 Å². The third-order valence-electron chi connectivity index (χ3n) is 5.95. The normalized spacial score (nSPS) is 16.8. The van der Waals surface area contributed by atoms with Crippen LogP contribution in [0.25, 0.3) is 12.2 Å². The molecule has 6 heteroatoms.